The third-order valence-electron chi connectivity index (χ3n) is 4.86. The van der Waals surface area contributed by atoms with Crippen molar-refractivity contribution in [3.8, 4) is 0 Å². The van der Waals surface area contributed by atoms with E-state index in [0.717, 1.165) is 38.6 Å². The Kier molecular flexibility index (Phi) is 2.32. The van der Waals surface area contributed by atoms with E-state index in [0.29, 0.717) is 0 Å². The molecule has 0 N–H and O–H groups in total. The summed E-state index contributed by atoms with van der Waals surface area (Å²) in [6, 6.07) is 20.9. The van der Waals surface area contributed by atoms with E-state index in [9.17, 15) is 0 Å². The summed E-state index contributed by atoms with van der Waals surface area (Å²) in [5.74, 6) is 0. The van der Waals surface area contributed by atoms with Crippen molar-refractivity contribution in [2.24, 2.45) is 0 Å². The minimum absolute atomic E-state index is 0.843. The maximum atomic E-state index is 4.90. The van der Waals surface area contributed by atoms with E-state index in [4.69, 9.17) is 4.98 Å². The number of benzene rings is 3. The molecule has 0 amide bonds. The van der Waals surface area contributed by atoms with Crippen molar-refractivity contribution >= 4 is 49.4 Å². The van der Waals surface area contributed by atoms with Crippen LogP contribution in [0.5, 0.6) is 0 Å². The summed E-state index contributed by atoms with van der Waals surface area (Å²) >= 11 is 0. The number of hydrogen-bond donors (Lipinski definition) is 0. The first kappa shape index (κ1) is 12.8. The summed E-state index contributed by atoms with van der Waals surface area (Å²) < 4.78 is 2.12. The van der Waals surface area contributed by atoms with Crippen LogP contribution in [0.15, 0.2) is 73.1 Å². The summed E-state index contributed by atoms with van der Waals surface area (Å²) in [4.78, 5) is 14.2. The summed E-state index contributed by atoms with van der Waals surface area (Å²) in [5.41, 5.74) is 4.70. The molecule has 4 nitrogen and oxygen atoms in total. The summed E-state index contributed by atoms with van der Waals surface area (Å²) in [6.07, 6.45) is 3.50. The molecular formula is C21H12N4. The van der Waals surface area contributed by atoms with Gasteiger partial charge in [0.05, 0.1) is 11.0 Å². The molecule has 0 unspecified atom stereocenters. The lowest BCUT2D eigenvalue weighted by Gasteiger charge is -2.09. The summed E-state index contributed by atoms with van der Waals surface area (Å²) in [5, 5.41) is 4.59. The van der Waals surface area contributed by atoms with Crippen LogP contribution >= 0.6 is 0 Å². The Morgan fingerprint density at radius 1 is 0.680 bits per heavy atom. The second-order valence-electron chi connectivity index (χ2n) is 6.20. The highest BCUT2D eigenvalue weighted by Crippen LogP contribution is 2.34. The maximum Gasteiger partial charge on any atom is 0.165 e. The van der Waals surface area contributed by atoms with E-state index in [1.54, 1.807) is 12.4 Å². The third-order valence-corrected chi connectivity index (χ3v) is 4.86. The normalized spacial score (nSPS) is 12.0. The number of aromatic nitrogens is 4. The van der Waals surface area contributed by atoms with Crippen molar-refractivity contribution in [3.63, 3.8) is 0 Å². The third kappa shape index (κ3) is 1.58. The highest BCUT2D eigenvalue weighted by atomic mass is 15.1. The second-order valence-corrected chi connectivity index (χ2v) is 6.20. The standard InChI is InChI=1S/C21H12N4/c1-2-6-14-13(5-1)9-10-15-18(14)19-21(23-12-11-22-19)25-17-8-4-3-7-16(17)24-20(15)25/h1-12H. The van der Waals surface area contributed by atoms with Crippen LogP contribution in [-0.4, -0.2) is 19.4 Å². The van der Waals surface area contributed by atoms with Crippen LogP contribution in [0.4, 0.5) is 0 Å². The van der Waals surface area contributed by atoms with Gasteiger partial charge in [-0.2, -0.15) is 0 Å². The minimum atomic E-state index is 0.843. The molecule has 3 heterocycles. The molecule has 25 heavy (non-hydrogen) atoms. The van der Waals surface area contributed by atoms with Crippen molar-refractivity contribution < 1.29 is 0 Å². The highest BCUT2D eigenvalue weighted by Gasteiger charge is 2.16. The Hall–Kier alpha value is -3.53. The Morgan fingerprint density at radius 3 is 2.52 bits per heavy atom. The SMILES string of the molecule is c1ccc2c(c1)ccc1c2c2nccnc2n2c3ccccc3nc12. The van der Waals surface area contributed by atoms with Gasteiger partial charge in [-0.05, 0) is 29.0 Å². The molecule has 0 aliphatic rings. The molecule has 4 heteroatoms. The van der Waals surface area contributed by atoms with Gasteiger partial charge in [0.1, 0.15) is 11.2 Å². The first-order valence-corrected chi connectivity index (χ1v) is 8.23. The van der Waals surface area contributed by atoms with Crippen molar-refractivity contribution in [2.75, 3.05) is 0 Å². The number of pyridine rings is 1. The molecule has 0 spiro atoms. The summed E-state index contributed by atoms with van der Waals surface area (Å²) in [7, 11) is 0. The number of imidazole rings is 1. The molecule has 0 atom stereocenters. The van der Waals surface area contributed by atoms with Gasteiger partial charge >= 0.3 is 0 Å². The van der Waals surface area contributed by atoms with Crippen LogP contribution in [0, 0.1) is 0 Å². The Morgan fingerprint density at radius 2 is 1.52 bits per heavy atom. The number of para-hydroxylation sites is 2. The van der Waals surface area contributed by atoms with E-state index in [-0.39, 0.29) is 0 Å². The molecule has 0 saturated heterocycles. The van der Waals surface area contributed by atoms with Gasteiger partial charge in [0, 0.05) is 23.2 Å². The number of rotatable bonds is 0. The monoisotopic (exact) mass is 320 g/mol. The molecule has 0 radical (unpaired) electrons. The molecule has 0 bridgehead atoms. The zero-order valence-corrected chi connectivity index (χ0v) is 13.2. The van der Waals surface area contributed by atoms with Gasteiger partial charge in [-0.3, -0.25) is 9.38 Å². The zero-order valence-electron chi connectivity index (χ0n) is 13.2. The Balaban J connectivity index is 2.06. The van der Waals surface area contributed by atoms with Gasteiger partial charge in [0.2, 0.25) is 0 Å². The first-order valence-electron chi connectivity index (χ1n) is 8.23. The molecule has 0 aliphatic carbocycles. The fraction of sp³-hybridized carbons (Fsp3) is 0. The summed E-state index contributed by atoms with van der Waals surface area (Å²) in [6.45, 7) is 0. The molecule has 6 rings (SSSR count). The molecule has 0 saturated carbocycles. The largest absolute Gasteiger partial charge is 0.274 e. The molecule has 116 valence electrons. The second kappa shape index (κ2) is 4.51. The van der Waals surface area contributed by atoms with Crippen LogP contribution in [0.1, 0.15) is 0 Å². The lowest BCUT2D eigenvalue weighted by Crippen LogP contribution is -1.96. The topological polar surface area (TPSA) is 43.1 Å². The highest BCUT2D eigenvalue weighted by molar-refractivity contribution is 6.22. The molecule has 6 aromatic rings. The lowest BCUT2D eigenvalue weighted by atomic mass is 10.0. The quantitative estimate of drug-likeness (QED) is 0.380. The van der Waals surface area contributed by atoms with Gasteiger partial charge < -0.3 is 0 Å². The van der Waals surface area contributed by atoms with E-state index >= 15 is 0 Å². The van der Waals surface area contributed by atoms with Gasteiger partial charge in [0.15, 0.2) is 5.65 Å². The lowest BCUT2D eigenvalue weighted by molar-refractivity contribution is 1.19. The predicted molar refractivity (Wildman–Crippen MR) is 101 cm³/mol. The molecular weight excluding hydrogens is 308 g/mol. The molecule has 3 aromatic carbocycles. The van der Waals surface area contributed by atoms with E-state index < -0.39 is 0 Å². The van der Waals surface area contributed by atoms with Crippen LogP contribution in [0.25, 0.3) is 49.4 Å². The fourth-order valence-corrected chi connectivity index (χ4v) is 3.80. The first-order chi connectivity index (χ1) is 12.4. The van der Waals surface area contributed by atoms with Gasteiger partial charge in [0.25, 0.3) is 0 Å². The van der Waals surface area contributed by atoms with Crippen LogP contribution < -0.4 is 0 Å². The van der Waals surface area contributed by atoms with Crippen molar-refractivity contribution in [1.29, 1.82) is 0 Å². The van der Waals surface area contributed by atoms with Crippen molar-refractivity contribution in [2.45, 2.75) is 0 Å². The number of fused-ring (bicyclic) bond motifs is 10. The van der Waals surface area contributed by atoms with Gasteiger partial charge in [-0.25, -0.2) is 9.97 Å². The van der Waals surface area contributed by atoms with E-state index in [2.05, 4.69) is 56.8 Å². The average molecular weight is 320 g/mol. The van der Waals surface area contributed by atoms with Crippen LogP contribution in [0.2, 0.25) is 0 Å². The molecule has 0 fully saturated rings. The van der Waals surface area contributed by atoms with Crippen molar-refractivity contribution in [3.05, 3.63) is 73.1 Å². The molecule has 3 aromatic heterocycles. The average Bonchev–Trinajstić information content (AvgIpc) is 3.07. The number of hydrogen-bond acceptors (Lipinski definition) is 3. The predicted octanol–water partition coefficient (Wildman–Crippen LogP) is 4.74. The molecule has 0 aliphatic heterocycles. The van der Waals surface area contributed by atoms with Crippen LogP contribution in [-0.2, 0) is 0 Å². The van der Waals surface area contributed by atoms with Gasteiger partial charge in [-0.1, -0.05) is 42.5 Å². The number of nitrogens with zero attached hydrogens (tertiary/aromatic N) is 4. The fourth-order valence-electron chi connectivity index (χ4n) is 3.80. The van der Waals surface area contributed by atoms with E-state index in [1.165, 1.54) is 10.8 Å². The van der Waals surface area contributed by atoms with E-state index in [1.807, 2.05) is 18.2 Å². The zero-order chi connectivity index (χ0) is 16.4. The van der Waals surface area contributed by atoms with Crippen molar-refractivity contribution in [1.82, 2.24) is 19.4 Å². The Bertz CT molecular complexity index is 1450. The smallest absolute Gasteiger partial charge is 0.165 e. The van der Waals surface area contributed by atoms with Crippen LogP contribution in [0.3, 0.4) is 0 Å². The minimum Gasteiger partial charge on any atom is -0.274 e. The van der Waals surface area contributed by atoms with Gasteiger partial charge in [-0.15, -0.1) is 0 Å². The Labute approximate surface area is 142 Å². The maximum absolute atomic E-state index is 4.90.